The molecule has 0 aliphatic heterocycles. The molecule has 1 aliphatic rings. The van der Waals surface area contributed by atoms with Crippen LogP contribution < -0.4 is 15.4 Å². The zero-order valence-electron chi connectivity index (χ0n) is 25.6. The number of H-pyrrole nitrogens is 1. The lowest BCUT2D eigenvalue weighted by atomic mass is 9.79. The lowest BCUT2D eigenvalue weighted by molar-refractivity contribution is -0.184. The molecule has 252 valence electrons. The van der Waals surface area contributed by atoms with E-state index in [1.807, 2.05) is 0 Å². The number of anilines is 2. The summed E-state index contributed by atoms with van der Waals surface area (Å²) in [7, 11) is 0. The maximum absolute atomic E-state index is 15.4. The molecule has 15 heteroatoms. The summed E-state index contributed by atoms with van der Waals surface area (Å²) in [6, 6.07) is 4.24. The first kappa shape index (κ1) is 35.3. The van der Waals surface area contributed by atoms with Crippen LogP contribution >= 0.6 is 11.6 Å². The van der Waals surface area contributed by atoms with Crippen LogP contribution in [0.25, 0.3) is 11.2 Å². The summed E-state index contributed by atoms with van der Waals surface area (Å²) in [5.41, 5.74) is -0.506. The van der Waals surface area contributed by atoms with Gasteiger partial charge in [0.15, 0.2) is 23.9 Å². The number of ether oxygens (including phenoxy) is 1. The Kier molecular flexibility index (Phi) is 11.1. The highest BCUT2D eigenvalue weighted by molar-refractivity contribution is 6.33. The molecular weight excluding hydrogens is 640 g/mol. The number of nitrogens with zero attached hydrogens (tertiary/aromatic N) is 2. The van der Waals surface area contributed by atoms with Crippen molar-refractivity contribution in [1.82, 2.24) is 20.3 Å². The number of nitrogens with one attached hydrogen (secondary N) is 3. The first-order chi connectivity index (χ1) is 21.5. The highest BCUT2D eigenvalue weighted by Crippen LogP contribution is 2.41. The van der Waals surface area contributed by atoms with Crippen LogP contribution in [0, 0.1) is 23.1 Å². The van der Waals surface area contributed by atoms with E-state index < -0.39 is 42.1 Å². The number of halogens is 7. The quantitative estimate of drug-likeness (QED) is 0.131. The number of aromatic nitrogens is 3. The summed E-state index contributed by atoms with van der Waals surface area (Å²) in [5.74, 6) is -3.03. The molecule has 4 rings (SSSR count). The zero-order valence-corrected chi connectivity index (χ0v) is 26.3. The van der Waals surface area contributed by atoms with Crippen LogP contribution in [0.3, 0.4) is 0 Å². The van der Waals surface area contributed by atoms with E-state index >= 15 is 4.39 Å². The van der Waals surface area contributed by atoms with Crippen molar-refractivity contribution < 1.29 is 40.7 Å². The first-order valence-corrected chi connectivity index (χ1v) is 15.3. The number of aromatic amines is 1. The fourth-order valence-corrected chi connectivity index (χ4v) is 5.50. The van der Waals surface area contributed by atoms with Crippen molar-refractivity contribution in [2.24, 2.45) is 17.3 Å². The van der Waals surface area contributed by atoms with E-state index in [4.69, 9.17) is 16.3 Å². The van der Waals surface area contributed by atoms with Gasteiger partial charge in [-0.1, -0.05) is 44.9 Å². The Morgan fingerprint density at radius 1 is 1.11 bits per heavy atom. The molecule has 0 spiro atoms. The Morgan fingerprint density at radius 3 is 2.43 bits per heavy atom. The molecule has 1 fully saturated rings. The van der Waals surface area contributed by atoms with Crippen LogP contribution in [0.2, 0.25) is 5.02 Å². The van der Waals surface area contributed by atoms with Gasteiger partial charge in [0, 0.05) is 23.9 Å². The van der Waals surface area contributed by atoms with Gasteiger partial charge in [-0.2, -0.15) is 23.1 Å². The van der Waals surface area contributed by atoms with Crippen molar-refractivity contribution in [3.8, 4) is 5.88 Å². The number of Topliss-reactive ketones (excluding diaryl/α,β-unsaturated/α-hetero) is 1. The van der Waals surface area contributed by atoms with Gasteiger partial charge in [0.25, 0.3) is 6.43 Å². The number of hydrogen-bond acceptors (Lipinski definition) is 6. The highest BCUT2D eigenvalue weighted by Gasteiger charge is 2.41. The van der Waals surface area contributed by atoms with Gasteiger partial charge in [0.1, 0.15) is 0 Å². The van der Waals surface area contributed by atoms with Gasteiger partial charge < -0.3 is 20.4 Å². The van der Waals surface area contributed by atoms with Gasteiger partial charge in [0.05, 0.1) is 27.7 Å². The first-order valence-electron chi connectivity index (χ1n) is 15.0. The number of pyridine rings is 1. The number of benzene rings is 1. The van der Waals surface area contributed by atoms with E-state index in [1.165, 1.54) is 18.2 Å². The fourth-order valence-electron chi connectivity index (χ4n) is 5.31. The van der Waals surface area contributed by atoms with Crippen LogP contribution in [0.15, 0.2) is 18.2 Å². The van der Waals surface area contributed by atoms with Gasteiger partial charge in [0.2, 0.25) is 17.7 Å². The Morgan fingerprint density at radius 2 is 1.80 bits per heavy atom. The monoisotopic (exact) mass is 675 g/mol. The molecule has 0 bridgehead atoms. The predicted octanol–water partition coefficient (Wildman–Crippen LogP) is 8.52. The van der Waals surface area contributed by atoms with Crippen molar-refractivity contribution in [2.45, 2.75) is 84.9 Å². The number of ketones is 1. The number of imidazole rings is 1. The lowest BCUT2D eigenvalue weighted by Crippen LogP contribution is -2.34. The van der Waals surface area contributed by atoms with Crippen LogP contribution in [0.1, 0.15) is 81.6 Å². The number of carbonyl (C=O) groups is 2. The molecule has 1 aliphatic carbocycles. The average molecular weight is 676 g/mol. The molecule has 8 nitrogen and oxygen atoms in total. The minimum Gasteiger partial charge on any atom is -0.471 e. The molecule has 2 aromatic heterocycles. The van der Waals surface area contributed by atoms with Gasteiger partial charge >= 0.3 is 6.18 Å². The van der Waals surface area contributed by atoms with Gasteiger partial charge in [-0.25, -0.2) is 13.2 Å². The maximum atomic E-state index is 15.4. The Bertz CT molecular complexity index is 1550. The second-order valence-corrected chi connectivity index (χ2v) is 12.9. The number of rotatable bonds is 12. The predicted molar refractivity (Wildman–Crippen MR) is 161 cm³/mol. The third-order valence-corrected chi connectivity index (χ3v) is 8.26. The van der Waals surface area contributed by atoms with E-state index in [0.29, 0.717) is 25.7 Å². The van der Waals surface area contributed by atoms with Crippen LogP contribution in [-0.4, -0.2) is 45.9 Å². The van der Waals surface area contributed by atoms with Crippen molar-refractivity contribution in [3.63, 3.8) is 0 Å². The molecule has 1 aromatic carbocycles. The minimum atomic E-state index is -4.20. The molecular formula is C31H36ClF6N5O3. The standard InChI is InChI=1S/C31H36ClF6N5O3/c1-30(2,3)28(45)39-14-17-9-12-20(32)25(24(17)35)41-29-40-21-13-19(27(42-26(21)43-29)46-15-23(33)34)22(44)6-4-5-16-7-10-18(11-8-16)31(36,37)38/h9,12-13,16,18,23H,4-8,10-11,14-15H2,1-3H3,(H,39,45)(H2,40,41,42,43). The molecule has 1 saturated carbocycles. The minimum absolute atomic E-state index is 0.00475. The van der Waals surface area contributed by atoms with E-state index in [1.54, 1.807) is 20.8 Å². The van der Waals surface area contributed by atoms with Gasteiger partial charge in [-0.3, -0.25) is 9.59 Å². The van der Waals surface area contributed by atoms with Crippen LogP contribution in [0.4, 0.5) is 38.0 Å². The van der Waals surface area contributed by atoms with Crippen molar-refractivity contribution >= 4 is 46.1 Å². The number of amides is 1. The summed E-state index contributed by atoms with van der Waals surface area (Å²) in [6.07, 6.45) is -5.08. The smallest absolute Gasteiger partial charge is 0.391 e. The molecule has 0 atom stereocenters. The highest BCUT2D eigenvalue weighted by atomic mass is 35.5. The average Bonchev–Trinajstić information content (AvgIpc) is 3.37. The van der Waals surface area contributed by atoms with E-state index in [-0.39, 0.29) is 82.5 Å². The largest absolute Gasteiger partial charge is 0.471 e. The number of fused-ring (bicyclic) bond motifs is 1. The zero-order chi connectivity index (χ0) is 33.8. The number of carbonyl (C=O) groups excluding carboxylic acids is 2. The van der Waals surface area contributed by atoms with Crippen LogP contribution in [0.5, 0.6) is 5.88 Å². The van der Waals surface area contributed by atoms with E-state index in [9.17, 15) is 31.5 Å². The molecule has 3 aromatic rings. The van der Waals surface area contributed by atoms with Crippen LogP contribution in [-0.2, 0) is 11.3 Å². The SMILES string of the molecule is CC(C)(C)C(=O)NCc1ccc(Cl)c(Nc2nc3nc(OCC(F)F)c(C(=O)CCCC4CCC(C(F)(F)F)CC4)cc3[nH]2)c1F. The maximum Gasteiger partial charge on any atom is 0.391 e. The normalized spacial score (nSPS) is 17.4. The molecule has 2 heterocycles. The van der Waals surface area contributed by atoms with E-state index in [0.717, 1.165) is 0 Å². The summed E-state index contributed by atoms with van der Waals surface area (Å²) in [5, 5.41) is 5.43. The molecule has 46 heavy (non-hydrogen) atoms. The third kappa shape index (κ3) is 9.04. The summed E-state index contributed by atoms with van der Waals surface area (Å²) < 4.78 is 85.4. The fraction of sp³-hybridized carbons (Fsp3) is 0.548. The van der Waals surface area contributed by atoms with Gasteiger partial charge in [-0.05, 0) is 50.2 Å². The van der Waals surface area contributed by atoms with Crippen molar-refractivity contribution in [3.05, 3.63) is 40.2 Å². The second-order valence-electron chi connectivity index (χ2n) is 12.5. The van der Waals surface area contributed by atoms with Crippen molar-refractivity contribution in [2.75, 3.05) is 11.9 Å². The second kappa shape index (κ2) is 14.5. The summed E-state index contributed by atoms with van der Waals surface area (Å²) >= 11 is 6.25. The summed E-state index contributed by atoms with van der Waals surface area (Å²) in [6.45, 7) is 4.06. The molecule has 1 amide bonds. The number of hydrogen-bond donors (Lipinski definition) is 3. The molecule has 3 N–H and O–H groups in total. The Hall–Kier alpha value is -3.55. The lowest BCUT2D eigenvalue weighted by Gasteiger charge is -2.29. The number of alkyl halides is 5. The molecule has 0 saturated heterocycles. The van der Waals surface area contributed by atoms with E-state index in [2.05, 4.69) is 25.6 Å². The molecule has 0 radical (unpaired) electrons. The topological polar surface area (TPSA) is 109 Å². The van der Waals surface area contributed by atoms with Crippen molar-refractivity contribution in [1.29, 1.82) is 0 Å². The van der Waals surface area contributed by atoms with Gasteiger partial charge in [-0.15, -0.1) is 0 Å². The molecule has 0 unspecified atom stereocenters. The summed E-state index contributed by atoms with van der Waals surface area (Å²) in [4.78, 5) is 36.7. The third-order valence-electron chi connectivity index (χ3n) is 7.95. The Labute approximate surface area is 267 Å². The Balaban J connectivity index is 1.49.